The SMILES string of the molecule is COc1ccc(OC)c(CN(C(=O)O)c2ccnc(Nc3ccc(N4C[C@@H](C)N(C)[C@@H](C)C4)c(F)c3)n2)c1. The van der Waals surface area contributed by atoms with Crippen LogP contribution in [0.25, 0.3) is 0 Å². The molecule has 0 aliphatic carbocycles. The van der Waals surface area contributed by atoms with E-state index in [2.05, 4.69) is 46.0 Å². The zero-order valence-corrected chi connectivity index (χ0v) is 22.2. The highest BCUT2D eigenvalue weighted by atomic mass is 19.1. The van der Waals surface area contributed by atoms with Crippen molar-refractivity contribution in [3.63, 3.8) is 0 Å². The number of ether oxygens (including phenoxy) is 2. The molecule has 38 heavy (non-hydrogen) atoms. The number of anilines is 4. The van der Waals surface area contributed by atoms with Crippen molar-refractivity contribution in [3.8, 4) is 11.5 Å². The van der Waals surface area contributed by atoms with Gasteiger partial charge in [-0.05, 0) is 63.4 Å². The molecule has 2 N–H and O–H groups in total. The minimum atomic E-state index is -1.20. The van der Waals surface area contributed by atoms with Gasteiger partial charge in [0.2, 0.25) is 5.95 Å². The fraction of sp³-hybridized carbons (Fsp3) is 0.370. The summed E-state index contributed by atoms with van der Waals surface area (Å²) in [5, 5.41) is 12.9. The zero-order chi connectivity index (χ0) is 27.4. The summed E-state index contributed by atoms with van der Waals surface area (Å²) in [6.45, 7) is 5.70. The van der Waals surface area contributed by atoms with E-state index < -0.39 is 6.09 Å². The van der Waals surface area contributed by atoms with E-state index in [1.165, 1.54) is 32.5 Å². The number of methoxy groups -OCH3 is 2. The summed E-state index contributed by atoms with van der Waals surface area (Å²) in [6, 6.07) is 12.2. The first-order chi connectivity index (χ1) is 18.2. The summed E-state index contributed by atoms with van der Waals surface area (Å²) < 4.78 is 25.8. The molecule has 0 unspecified atom stereocenters. The fourth-order valence-corrected chi connectivity index (χ4v) is 4.55. The van der Waals surface area contributed by atoms with Gasteiger partial charge in [-0.3, -0.25) is 9.80 Å². The predicted octanol–water partition coefficient (Wildman–Crippen LogP) is 4.59. The summed E-state index contributed by atoms with van der Waals surface area (Å²) in [5.74, 6) is 1.02. The number of carbonyl (C=O) groups is 1. The first kappa shape index (κ1) is 26.9. The maximum absolute atomic E-state index is 15.1. The fourth-order valence-electron chi connectivity index (χ4n) is 4.55. The lowest BCUT2D eigenvalue weighted by Gasteiger charge is -2.43. The van der Waals surface area contributed by atoms with Gasteiger partial charge in [-0.1, -0.05) is 0 Å². The van der Waals surface area contributed by atoms with Crippen LogP contribution >= 0.6 is 0 Å². The highest BCUT2D eigenvalue weighted by Gasteiger charge is 2.28. The number of halogens is 1. The molecule has 1 aliphatic heterocycles. The van der Waals surface area contributed by atoms with Gasteiger partial charge >= 0.3 is 6.09 Å². The van der Waals surface area contributed by atoms with Gasteiger partial charge in [0.25, 0.3) is 0 Å². The van der Waals surface area contributed by atoms with Gasteiger partial charge in [-0.15, -0.1) is 0 Å². The van der Waals surface area contributed by atoms with Gasteiger partial charge < -0.3 is 24.8 Å². The van der Waals surface area contributed by atoms with Gasteiger partial charge in [-0.25, -0.2) is 14.2 Å². The molecule has 1 aliphatic rings. The van der Waals surface area contributed by atoms with Crippen molar-refractivity contribution in [2.24, 2.45) is 0 Å². The summed E-state index contributed by atoms with van der Waals surface area (Å²) in [6.07, 6.45) is 0.242. The Morgan fingerprint density at radius 1 is 1.13 bits per heavy atom. The van der Waals surface area contributed by atoms with Crippen molar-refractivity contribution in [3.05, 3.63) is 60.0 Å². The Kier molecular flexibility index (Phi) is 8.16. The van der Waals surface area contributed by atoms with Gasteiger partial charge in [0.1, 0.15) is 23.1 Å². The number of amides is 1. The van der Waals surface area contributed by atoms with E-state index in [1.807, 2.05) is 0 Å². The molecule has 2 heterocycles. The molecule has 1 aromatic heterocycles. The molecule has 0 saturated carbocycles. The predicted molar refractivity (Wildman–Crippen MR) is 144 cm³/mol. The molecule has 1 amide bonds. The number of hydrogen-bond acceptors (Lipinski definition) is 8. The van der Waals surface area contributed by atoms with Crippen LogP contribution in [0.2, 0.25) is 0 Å². The van der Waals surface area contributed by atoms with E-state index in [4.69, 9.17) is 9.47 Å². The lowest BCUT2D eigenvalue weighted by molar-refractivity contribution is 0.169. The molecule has 4 rings (SSSR count). The molecule has 3 aromatic rings. The molecule has 0 radical (unpaired) electrons. The number of nitrogens with one attached hydrogen (secondary N) is 1. The number of piperazine rings is 1. The molecule has 0 spiro atoms. The largest absolute Gasteiger partial charge is 0.497 e. The second-order valence-corrected chi connectivity index (χ2v) is 9.34. The van der Waals surface area contributed by atoms with Crippen molar-refractivity contribution < 1.29 is 23.8 Å². The van der Waals surface area contributed by atoms with Crippen LogP contribution in [0.4, 0.5) is 32.3 Å². The van der Waals surface area contributed by atoms with E-state index >= 15 is 4.39 Å². The lowest BCUT2D eigenvalue weighted by atomic mass is 10.1. The minimum absolute atomic E-state index is 0.0304. The number of aromatic nitrogens is 2. The third-order valence-corrected chi connectivity index (χ3v) is 6.87. The molecule has 2 atom stereocenters. The Balaban J connectivity index is 1.53. The molecule has 10 nitrogen and oxygen atoms in total. The summed E-state index contributed by atoms with van der Waals surface area (Å²) >= 11 is 0. The van der Waals surface area contributed by atoms with Gasteiger partial charge in [0.15, 0.2) is 0 Å². The maximum atomic E-state index is 15.1. The standard InChI is InChI=1S/C27H33FN6O4/c1-17-14-33(15-18(2)32(17)3)23-8-6-20(13-22(23)28)30-26-29-11-10-25(31-26)34(27(35)36)16-19-12-21(37-4)7-9-24(19)38-5/h6-13,17-18H,14-16H2,1-5H3,(H,35,36)(H,29,30,31)/t17-,18+. The van der Waals surface area contributed by atoms with Crippen LogP contribution < -0.4 is 24.6 Å². The highest BCUT2D eigenvalue weighted by molar-refractivity contribution is 5.85. The smallest absolute Gasteiger partial charge is 0.413 e. The third kappa shape index (κ3) is 5.88. The van der Waals surface area contributed by atoms with Crippen LogP contribution in [-0.2, 0) is 6.54 Å². The molecular formula is C27H33FN6O4. The molecule has 202 valence electrons. The number of likely N-dealkylation sites (N-methyl/N-ethyl adjacent to an activating group) is 1. The monoisotopic (exact) mass is 524 g/mol. The van der Waals surface area contributed by atoms with Crippen LogP contribution in [-0.4, -0.2) is 72.5 Å². The third-order valence-electron chi connectivity index (χ3n) is 6.87. The average molecular weight is 525 g/mol. The molecular weight excluding hydrogens is 491 g/mol. The number of rotatable bonds is 8. The number of nitrogens with zero attached hydrogens (tertiary/aromatic N) is 5. The molecule has 2 aromatic carbocycles. The van der Waals surface area contributed by atoms with Crippen molar-refractivity contribution in [1.29, 1.82) is 0 Å². The Morgan fingerprint density at radius 2 is 1.87 bits per heavy atom. The maximum Gasteiger partial charge on any atom is 0.413 e. The highest BCUT2D eigenvalue weighted by Crippen LogP contribution is 2.29. The summed E-state index contributed by atoms with van der Waals surface area (Å²) in [4.78, 5) is 26.1. The Morgan fingerprint density at radius 3 is 2.50 bits per heavy atom. The van der Waals surface area contributed by atoms with Crippen LogP contribution in [0.1, 0.15) is 19.4 Å². The van der Waals surface area contributed by atoms with E-state index in [0.29, 0.717) is 40.5 Å². The van der Waals surface area contributed by atoms with Crippen LogP contribution in [0.3, 0.4) is 0 Å². The van der Waals surface area contributed by atoms with E-state index in [1.54, 1.807) is 30.3 Å². The first-order valence-electron chi connectivity index (χ1n) is 12.3. The van der Waals surface area contributed by atoms with Crippen LogP contribution in [0.15, 0.2) is 48.7 Å². The Labute approximate surface area is 221 Å². The lowest BCUT2D eigenvalue weighted by Crippen LogP contribution is -2.55. The normalized spacial score (nSPS) is 17.7. The van der Waals surface area contributed by atoms with Gasteiger partial charge in [-0.2, -0.15) is 4.98 Å². The van der Waals surface area contributed by atoms with Crippen LogP contribution in [0.5, 0.6) is 11.5 Å². The van der Waals surface area contributed by atoms with Crippen LogP contribution in [0, 0.1) is 5.82 Å². The van der Waals surface area contributed by atoms with E-state index in [-0.39, 0.29) is 24.1 Å². The Hall–Kier alpha value is -4.12. The average Bonchev–Trinajstić information content (AvgIpc) is 2.90. The van der Waals surface area contributed by atoms with Crippen molar-refractivity contribution >= 4 is 29.2 Å². The van der Waals surface area contributed by atoms with Gasteiger partial charge in [0.05, 0.1) is 26.5 Å². The van der Waals surface area contributed by atoms with Crippen molar-refractivity contribution in [2.75, 3.05) is 49.5 Å². The first-order valence-corrected chi connectivity index (χ1v) is 12.3. The molecule has 0 bridgehead atoms. The number of hydrogen-bond donors (Lipinski definition) is 2. The summed E-state index contributed by atoms with van der Waals surface area (Å²) in [7, 11) is 5.13. The number of benzene rings is 2. The molecule has 1 saturated heterocycles. The minimum Gasteiger partial charge on any atom is -0.497 e. The quantitative estimate of drug-likeness (QED) is 0.438. The topological polar surface area (TPSA) is 103 Å². The van der Waals surface area contributed by atoms with Gasteiger partial charge in [0, 0.05) is 42.6 Å². The molecule has 1 fully saturated rings. The van der Waals surface area contributed by atoms with E-state index in [0.717, 1.165) is 18.0 Å². The molecule has 11 heteroatoms. The van der Waals surface area contributed by atoms with Crippen molar-refractivity contribution in [1.82, 2.24) is 14.9 Å². The summed E-state index contributed by atoms with van der Waals surface area (Å²) in [5.41, 5.74) is 1.60. The second-order valence-electron chi connectivity index (χ2n) is 9.34. The Bertz CT molecular complexity index is 1280. The van der Waals surface area contributed by atoms with Crippen molar-refractivity contribution in [2.45, 2.75) is 32.5 Å². The zero-order valence-electron chi connectivity index (χ0n) is 22.2. The van der Waals surface area contributed by atoms with E-state index in [9.17, 15) is 9.90 Å². The second kappa shape index (κ2) is 11.5. The number of carboxylic acid groups (broad SMARTS) is 1.